The summed E-state index contributed by atoms with van der Waals surface area (Å²) >= 11 is 0. The number of likely N-dealkylation sites (tertiary alicyclic amines) is 1. The number of hydrogen-bond donors (Lipinski definition) is 3. The van der Waals surface area contributed by atoms with Crippen LogP contribution in [0, 0.1) is 46.3 Å². The van der Waals surface area contributed by atoms with Crippen LogP contribution < -0.4 is 0 Å². The molecule has 0 radical (unpaired) electrons. The van der Waals surface area contributed by atoms with Gasteiger partial charge in [0.05, 0.1) is 33.7 Å². The molecule has 1 saturated heterocycles. The van der Waals surface area contributed by atoms with Gasteiger partial charge in [-0.25, -0.2) is 8.42 Å². The third kappa shape index (κ3) is 4.58. The van der Waals surface area contributed by atoms with E-state index >= 15 is 0 Å². The van der Waals surface area contributed by atoms with Gasteiger partial charge in [-0.3, -0.25) is 4.79 Å². The topological polar surface area (TPSA) is 138 Å². The quantitative estimate of drug-likeness (QED) is 0.456. The molecular formula is C28H46NO7S-. The second-order valence-corrected chi connectivity index (χ2v) is 15.4. The van der Waals surface area contributed by atoms with Gasteiger partial charge in [0.25, 0.3) is 0 Å². The molecule has 1 aliphatic heterocycles. The Kier molecular flexibility index (Phi) is 7.30. The first kappa shape index (κ1) is 27.8. The second-order valence-electron chi connectivity index (χ2n) is 13.8. The van der Waals surface area contributed by atoms with E-state index in [4.69, 9.17) is 0 Å². The van der Waals surface area contributed by atoms with Gasteiger partial charge in [0.2, 0.25) is 5.91 Å². The summed E-state index contributed by atoms with van der Waals surface area (Å²) in [6.45, 7) is 7.03. The molecule has 3 N–H and O–H groups in total. The number of carbonyl (C=O) groups is 1. The van der Waals surface area contributed by atoms with E-state index < -0.39 is 27.6 Å². The van der Waals surface area contributed by atoms with Crippen molar-refractivity contribution in [2.75, 3.05) is 13.1 Å². The molecule has 4 aliphatic carbocycles. The van der Waals surface area contributed by atoms with Crippen molar-refractivity contribution in [2.24, 2.45) is 46.3 Å². The zero-order chi connectivity index (χ0) is 26.9. The van der Waals surface area contributed by atoms with Crippen molar-refractivity contribution in [3.05, 3.63) is 0 Å². The molecule has 12 atom stereocenters. The monoisotopic (exact) mass is 540 g/mol. The Morgan fingerprint density at radius 2 is 1.78 bits per heavy atom. The van der Waals surface area contributed by atoms with Gasteiger partial charge in [0.15, 0.2) is 0 Å². The van der Waals surface area contributed by atoms with Crippen molar-refractivity contribution >= 4 is 16.0 Å². The number of hydrogen-bond acceptors (Lipinski definition) is 7. The van der Waals surface area contributed by atoms with Crippen molar-refractivity contribution in [3.8, 4) is 0 Å². The van der Waals surface area contributed by atoms with Crippen LogP contribution in [0.5, 0.6) is 0 Å². The lowest BCUT2D eigenvalue weighted by atomic mass is 9.43. The summed E-state index contributed by atoms with van der Waals surface area (Å²) in [6, 6.07) is 0. The summed E-state index contributed by atoms with van der Waals surface area (Å²) in [4.78, 5) is 14.3. The Labute approximate surface area is 221 Å². The standard InChI is InChI=1S/C28H47NO7S/c1-16(4-7-25(33)29-11-9-19(15-29)37(34,35)36)20-5-6-21-26-22(14-24(32)28(20,21)3)27(2)10-8-18(30)12-17(27)13-23(26)31/h16-24,26,30-32H,4-15H2,1-3H3,(H,34,35,36)/p-1/t16-,17+,18-,19-,20-,21+,22+,23-,24+,26+,27+,28-/m1/s1. The molecule has 1 amide bonds. The zero-order valence-electron chi connectivity index (χ0n) is 22.6. The van der Waals surface area contributed by atoms with Gasteiger partial charge >= 0.3 is 0 Å². The lowest BCUT2D eigenvalue weighted by molar-refractivity contribution is -0.207. The van der Waals surface area contributed by atoms with E-state index in [1.54, 1.807) is 0 Å². The van der Waals surface area contributed by atoms with Crippen LogP contribution in [0.1, 0.15) is 85.0 Å². The van der Waals surface area contributed by atoms with E-state index in [0.29, 0.717) is 31.7 Å². The van der Waals surface area contributed by atoms with Crippen LogP contribution in [0.2, 0.25) is 0 Å². The molecule has 0 unspecified atom stereocenters. The third-order valence-electron chi connectivity index (χ3n) is 12.2. The largest absolute Gasteiger partial charge is 0.748 e. The van der Waals surface area contributed by atoms with Crippen molar-refractivity contribution in [1.29, 1.82) is 0 Å². The van der Waals surface area contributed by atoms with Gasteiger partial charge < -0.3 is 24.8 Å². The van der Waals surface area contributed by atoms with Gasteiger partial charge in [-0.15, -0.1) is 0 Å². The summed E-state index contributed by atoms with van der Waals surface area (Å²) in [6.07, 6.45) is 5.95. The van der Waals surface area contributed by atoms with Crippen LogP contribution in [0.15, 0.2) is 0 Å². The van der Waals surface area contributed by atoms with E-state index in [2.05, 4.69) is 20.8 Å². The minimum Gasteiger partial charge on any atom is -0.748 e. The maximum absolute atomic E-state index is 12.8. The number of aliphatic hydroxyl groups is 3. The molecule has 0 bridgehead atoms. The van der Waals surface area contributed by atoms with Gasteiger partial charge in [-0.2, -0.15) is 0 Å². The molecule has 8 nitrogen and oxygen atoms in total. The molecule has 1 heterocycles. The summed E-state index contributed by atoms with van der Waals surface area (Å²) in [7, 11) is -4.37. The lowest BCUT2D eigenvalue weighted by Gasteiger charge is -2.63. The Hall–Kier alpha value is -0.740. The predicted molar refractivity (Wildman–Crippen MR) is 137 cm³/mol. The van der Waals surface area contributed by atoms with Crippen LogP contribution in [-0.4, -0.2) is 75.7 Å². The number of rotatable bonds is 5. The van der Waals surface area contributed by atoms with E-state index in [-0.39, 0.29) is 65.4 Å². The molecule has 4 saturated carbocycles. The predicted octanol–water partition coefficient (Wildman–Crippen LogP) is 2.51. The summed E-state index contributed by atoms with van der Waals surface area (Å²) in [5.41, 5.74) is -0.260. The minimum atomic E-state index is -4.37. The zero-order valence-corrected chi connectivity index (χ0v) is 23.4. The SMILES string of the molecule is C[C@H](CCC(=O)N1CC[C@@H](S(=O)(=O)[O-])C1)[C@H]1CC[C@H]2[C@@H]3[C@H](O)C[C@@H]4C[C@H](O)CC[C@]4(C)[C@H]3C[C@H](O)[C@]12C. The Bertz CT molecular complexity index is 989. The minimum absolute atomic E-state index is 0.00126. The summed E-state index contributed by atoms with van der Waals surface area (Å²) < 4.78 is 34.0. The lowest BCUT2D eigenvalue weighted by Crippen LogP contribution is -2.62. The number of nitrogens with zero attached hydrogens (tertiary/aromatic N) is 1. The average Bonchev–Trinajstić information content (AvgIpc) is 3.45. The first-order valence-electron chi connectivity index (χ1n) is 14.5. The summed E-state index contributed by atoms with van der Waals surface area (Å²) in [5.74, 6) is 1.33. The third-order valence-corrected chi connectivity index (χ3v) is 13.4. The van der Waals surface area contributed by atoms with Crippen LogP contribution in [0.4, 0.5) is 0 Å². The van der Waals surface area contributed by atoms with Gasteiger partial charge in [-0.1, -0.05) is 20.8 Å². The highest BCUT2D eigenvalue weighted by Gasteiger charge is 2.65. The second kappa shape index (κ2) is 9.72. The van der Waals surface area contributed by atoms with Gasteiger partial charge in [0.1, 0.15) is 0 Å². The Morgan fingerprint density at radius 3 is 2.46 bits per heavy atom. The van der Waals surface area contributed by atoms with E-state index in [9.17, 15) is 33.1 Å². The average molecular weight is 541 g/mol. The number of amides is 1. The molecule has 5 rings (SSSR count). The molecule has 0 aromatic rings. The molecule has 5 fully saturated rings. The van der Waals surface area contributed by atoms with Crippen molar-refractivity contribution < 1.29 is 33.1 Å². The first-order valence-corrected chi connectivity index (χ1v) is 16.0. The fraction of sp³-hybridized carbons (Fsp3) is 0.964. The van der Waals surface area contributed by atoms with E-state index in [1.807, 2.05) is 0 Å². The highest BCUT2D eigenvalue weighted by Crippen LogP contribution is 2.68. The van der Waals surface area contributed by atoms with Crippen molar-refractivity contribution in [1.82, 2.24) is 4.90 Å². The smallest absolute Gasteiger partial charge is 0.222 e. The molecule has 212 valence electrons. The molecule has 5 aliphatic rings. The highest BCUT2D eigenvalue weighted by molar-refractivity contribution is 7.86. The highest BCUT2D eigenvalue weighted by atomic mass is 32.2. The fourth-order valence-corrected chi connectivity index (χ4v) is 10.8. The Balaban J connectivity index is 1.26. The van der Waals surface area contributed by atoms with E-state index in [1.165, 1.54) is 4.90 Å². The van der Waals surface area contributed by atoms with Gasteiger partial charge in [-0.05, 0) is 104 Å². The van der Waals surface area contributed by atoms with Crippen LogP contribution in [0.3, 0.4) is 0 Å². The molecule has 0 spiro atoms. The van der Waals surface area contributed by atoms with Crippen molar-refractivity contribution in [3.63, 3.8) is 0 Å². The fourth-order valence-electron chi connectivity index (χ4n) is 10.0. The maximum atomic E-state index is 12.8. The summed E-state index contributed by atoms with van der Waals surface area (Å²) in [5, 5.41) is 32.4. The Morgan fingerprint density at radius 1 is 1.05 bits per heavy atom. The van der Waals surface area contributed by atoms with Crippen molar-refractivity contribution in [2.45, 2.75) is 109 Å². The molecule has 0 aromatic heterocycles. The normalized spacial score (nSPS) is 48.7. The maximum Gasteiger partial charge on any atom is 0.222 e. The molecule has 37 heavy (non-hydrogen) atoms. The van der Waals surface area contributed by atoms with Crippen LogP contribution >= 0.6 is 0 Å². The van der Waals surface area contributed by atoms with Crippen LogP contribution in [-0.2, 0) is 14.9 Å². The molecule has 9 heteroatoms. The first-order chi connectivity index (χ1) is 17.3. The van der Waals surface area contributed by atoms with Gasteiger partial charge in [0, 0.05) is 19.5 Å². The number of fused-ring (bicyclic) bond motifs is 5. The number of aliphatic hydroxyl groups excluding tert-OH is 3. The molecular weight excluding hydrogens is 494 g/mol. The number of carbonyl (C=O) groups excluding carboxylic acids is 1. The molecule has 0 aromatic carbocycles. The van der Waals surface area contributed by atoms with E-state index in [0.717, 1.165) is 38.5 Å². The van der Waals surface area contributed by atoms with Crippen LogP contribution in [0.25, 0.3) is 0 Å².